The summed E-state index contributed by atoms with van der Waals surface area (Å²) in [6.45, 7) is 3.05. The standard InChI is InChI=1S/C15H21NO3/c1-15(17-12-5-6-13-18-15)19-16-11-7-10-14-8-3-2-4-9-14/h2-4,8-9,11H,5-7,10,12-13H2,1H3/b16-11+. The molecule has 104 valence electrons. The van der Waals surface area contributed by atoms with Gasteiger partial charge in [0.05, 0.1) is 13.2 Å². The van der Waals surface area contributed by atoms with E-state index in [2.05, 4.69) is 17.3 Å². The first-order chi connectivity index (χ1) is 9.29. The minimum atomic E-state index is -1.03. The number of hydrogen-bond acceptors (Lipinski definition) is 4. The molecule has 1 aromatic rings. The third kappa shape index (κ3) is 5.01. The second-order valence-electron chi connectivity index (χ2n) is 4.67. The van der Waals surface area contributed by atoms with Crippen LogP contribution in [0.25, 0.3) is 0 Å². The highest BCUT2D eigenvalue weighted by Crippen LogP contribution is 2.19. The summed E-state index contributed by atoms with van der Waals surface area (Å²) in [7, 11) is 0. The molecular formula is C15H21NO3. The molecular weight excluding hydrogens is 242 g/mol. The van der Waals surface area contributed by atoms with E-state index in [0.29, 0.717) is 13.2 Å². The molecule has 0 spiro atoms. The molecule has 19 heavy (non-hydrogen) atoms. The number of benzene rings is 1. The zero-order chi connectivity index (χ0) is 13.4. The van der Waals surface area contributed by atoms with Crippen molar-refractivity contribution in [3.05, 3.63) is 35.9 Å². The van der Waals surface area contributed by atoms with Crippen molar-refractivity contribution in [2.75, 3.05) is 13.2 Å². The maximum atomic E-state index is 5.50. The van der Waals surface area contributed by atoms with Crippen LogP contribution in [0.5, 0.6) is 0 Å². The minimum absolute atomic E-state index is 0.649. The van der Waals surface area contributed by atoms with Gasteiger partial charge in [-0.25, -0.2) is 0 Å². The lowest BCUT2D eigenvalue weighted by Crippen LogP contribution is -2.33. The molecule has 0 aromatic heterocycles. The zero-order valence-corrected chi connectivity index (χ0v) is 11.4. The lowest BCUT2D eigenvalue weighted by Gasteiger charge is -2.24. The Labute approximate surface area is 114 Å². The van der Waals surface area contributed by atoms with Crippen molar-refractivity contribution in [2.45, 2.75) is 38.6 Å². The van der Waals surface area contributed by atoms with Crippen molar-refractivity contribution >= 4 is 6.21 Å². The number of oxime groups is 1. The Morgan fingerprint density at radius 3 is 2.58 bits per heavy atom. The van der Waals surface area contributed by atoms with Gasteiger partial charge in [-0.05, 0) is 31.2 Å². The highest BCUT2D eigenvalue weighted by Gasteiger charge is 2.30. The van der Waals surface area contributed by atoms with E-state index >= 15 is 0 Å². The fourth-order valence-electron chi connectivity index (χ4n) is 1.88. The van der Waals surface area contributed by atoms with E-state index in [1.54, 1.807) is 13.1 Å². The molecule has 0 aliphatic carbocycles. The van der Waals surface area contributed by atoms with Crippen LogP contribution in [-0.2, 0) is 20.7 Å². The van der Waals surface area contributed by atoms with Crippen LogP contribution in [-0.4, -0.2) is 25.4 Å². The monoisotopic (exact) mass is 263 g/mol. The van der Waals surface area contributed by atoms with E-state index in [4.69, 9.17) is 14.3 Å². The van der Waals surface area contributed by atoms with Gasteiger partial charge in [0.2, 0.25) is 0 Å². The quantitative estimate of drug-likeness (QED) is 0.605. The van der Waals surface area contributed by atoms with Crippen LogP contribution >= 0.6 is 0 Å². The second-order valence-corrected chi connectivity index (χ2v) is 4.67. The van der Waals surface area contributed by atoms with Gasteiger partial charge >= 0.3 is 5.97 Å². The molecule has 4 heteroatoms. The molecule has 2 rings (SSSR count). The molecule has 1 saturated heterocycles. The van der Waals surface area contributed by atoms with Crippen LogP contribution < -0.4 is 0 Å². The van der Waals surface area contributed by atoms with Gasteiger partial charge in [-0.1, -0.05) is 35.5 Å². The van der Waals surface area contributed by atoms with Gasteiger partial charge in [0, 0.05) is 13.1 Å². The average Bonchev–Trinajstić information content (AvgIpc) is 2.65. The minimum Gasteiger partial charge on any atom is -0.333 e. The van der Waals surface area contributed by atoms with E-state index < -0.39 is 5.97 Å². The van der Waals surface area contributed by atoms with Crippen molar-refractivity contribution in [3.63, 3.8) is 0 Å². The molecule has 0 amide bonds. The third-order valence-corrected chi connectivity index (χ3v) is 2.97. The van der Waals surface area contributed by atoms with Gasteiger partial charge in [-0.3, -0.25) is 0 Å². The summed E-state index contributed by atoms with van der Waals surface area (Å²) in [4.78, 5) is 5.31. The van der Waals surface area contributed by atoms with Gasteiger partial charge in [0.1, 0.15) is 0 Å². The molecule has 0 N–H and O–H groups in total. The van der Waals surface area contributed by atoms with Crippen LogP contribution in [0.3, 0.4) is 0 Å². The van der Waals surface area contributed by atoms with E-state index in [0.717, 1.165) is 25.7 Å². The van der Waals surface area contributed by atoms with Crippen LogP contribution in [0, 0.1) is 0 Å². The zero-order valence-electron chi connectivity index (χ0n) is 11.4. The number of ether oxygens (including phenoxy) is 2. The first kappa shape index (κ1) is 14.0. The van der Waals surface area contributed by atoms with E-state index in [9.17, 15) is 0 Å². The Bertz CT molecular complexity index is 384. The Kier molecular flexibility index (Phi) is 5.36. The van der Waals surface area contributed by atoms with Crippen LogP contribution in [0.4, 0.5) is 0 Å². The molecule has 1 aromatic carbocycles. The summed E-state index contributed by atoms with van der Waals surface area (Å²) in [5.41, 5.74) is 1.29. The van der Waals surface area contributed by atoms with Crippen molar-refractivity contribution < 1.29 is 14.3 Å². The predicted octanol–water partition coefficient (Wildman–Crippen LogP) is 3.12. The molecule has 1 fully saturated rings. The van der Waals surface area contributed by atoms with E-state index in [1.165, 1.54) is 5.56 Å². The predicted molar refractivity (Wildman–Crippen MR) is 73.9 cm³/mol. The van der Waals surface area contributed by atoms with Gasteiger partial charge in [-0.2, -0.15) is 0 Å². The summed E-state index contributed by atoms with van der Waals surface area (Å²) in [6.07, 6.45) is 5.54. The Balaban J connectivity index is 1.71. The number of rotatable bonds is 5. The molecule has 0 unspecified atom stereocenters. The summed E-state index contributed by atoms with van der Waals surface area (Å²) in [5, 5.41) is 3.95. The van der Waals surface area contributed by atoms with Gasteiger partial charge in [0.15, 0.2) is 0 Å². The molecule has 0 bridgehead atoms. The SMILES string of the molecule is CC1(O/N=C/CCc2ccccc2)OCCCCO1. The Morgan fingerprint density at radius 1 is 1.21 bits per heavy atom. The van der Waals surface area contributed by atoms with Crippen molar-refractivity contribution in [3.8, 4) is 0 Å². The maximum Gasteiger partial charge on any atom is 0.347 e. The van der Waals surface area contributed by atoms with Crippen molar-refractivity contribution in [2.24, 2.45) is 5.16 Å². The highest BCUT2D eigenvalue weighted by atomic mass is 16.9. The summed E-state index contributed by atoms with van der Waals surface area (Å²) in [6, 6.07) is 10.3. The Morgan fingerprint density at radius 2 is 1.89 bits per heavy atom. The average molecular weight is 263 g/mol. The highest BCUT2D eigenvalue weighted by molar-refractivity contribution is 5.56. The van der Waals surface area contributed by atoms with Gasteiger partial charge < -0.3 is 14.3 Å². The molecule has 0 atom stereocenters. The number of aryl methyl sites for hydroxylation is 1. The molecule has 1 aliphatic rings. The molecule has 1 aliphatic heterocycles. The van der Waals surface area contributed by atoms with Gasteiger partial charge in [-0.15, -0.1) is 0 Å². The summed E-state index contributed by atoms with van der Waals surface area (Å²) in [5.74, 6) is -1.03. The lowest BCUT2D eigenvalue weighted by molar-refractivity contribution is -0.363. The Hall–Kier alpha value is -1.39. The first-order valence-electron chi connectivity index (χ1n) is 6.80. The smallest absolute Gasteiger partial charge is 0.333 e. The fraction of sp³-hybridized carbons (Fsp3) is 0.533. The van der Waals surface area contributed by atoms with Crippen LogP contribution in [0.15, 0.2) is 35.5 Å². The normalized spacial score (nSPS) is 19.2. The largest absolute Gasteiger partial charge is 0.347 e. The van der Waals surface area contributed by atoms with E-state index in [1.807, 2.05) is 18.2 Å². The number of nitrogens with zero attached hydrogens (tertiary/aromatic N) is 1. The van der Waals surface area contributed by atoms with E-state index in [-0.39, 0.29) is 0 Å². The van der Waals surface area contributed by atoms with Crippen molar-refractivity contribution in [1.29, 1.82) is 0 Å². The molecule has 1 heterocycles. The lowest BCUT2D eigenvalue weighted by atomic mass is 10.1. The number of hydrogen-bond donors (Lipinski definition) is 0. The van der Waals surface area contributed by atoms with Crippen LogP contribution in [0.1, 0.15) is 31.7 Å². The summed E-state index contributed by atoms with van der Waals surface area (Å²) >= 11 is 0. The third-order valence-electron chi connectivity index (χ3n) is 2.97. The van der Waals surface area contributed by atoms with Gasteiger partial charge in [0.25, 0.3) is 0 Å². The summed E-state index contributed by atoms with van der Waals surface area (Å²) < 4.78 is 11.0. The molecule has 4 nitrogen and oxygen atoms in total. The van der Waals surface area contributed by atoms with Crippen LogP contribution in [0.2, 0.25) is 0 Å². The second kappa shape index (κ2) is 7.26. The molecule has 0 saturated carbocycles. The molecule has 0 radical (unpaired) electrons. The fourth-order valence-corrected chi connectivity index (χ4v) is 1.88. The first-order valence-corrected chi connectivity index (χ1v) is 6.80. The maximum absolute atomic E-state index is 5.50. The topological polar surface area (TPSA) is 40.0 Å². The van der Waals surface area contributed by atoms with Crippen molar-refractivity contribution in [1.82, 2.24) is 0 Å².